The van der Waals surface area contributed by atoms with Crippen molar-refractivity contribution in [2.75, 3.05) is 30.8 Å². The molecule has 2 N–H and O–H groups in total. The number of hydrogen-bond acceptors (Lipinski definition) is 5. The van der Waals surface area contributed by atoms with Crippen molar-refractivity contribution in [1.82, 2.24) is 9.97 Å². The largest absolute Gasteiger partial charge is 0.383 e. The summed E-state index contributed by atoms with van der Waals surface area (Å²) in [6.45, 7) is 3.68. The molecule has 5 nitrogen and oxygen atoms in total. The summed E-state index contributed by atoms with van der Waals surface area (Å²) in [7, 11) is 2.02. The van der Waals surface area contributed by atoms with Crippen molar-refractivity contribution in [2.24, 2.45) is 0 Å². The third-order valence-corrected chi connectivity index (χ3v) is 3.21. The van der Waals surface area contributed by atoms with Crippen LogP contribution in [0.3, 0.4) is 0 Å². The highest BCUT2D eigenvalue weighted by Gasteiger charge is 2.18. The van der Waals surface area contributed by atoms with E-state index >= 15 is 0 Å². The lowest BCUT2D eigenvalue weighted by atomic mass is 10.1. The van der Waals surface area contributed by atoms with Gasteiger partial charge >= 0.3 is 0 Å². The Hall–Kier alpha value is -1.36. The van der Waals surface area contributed by atoms with Gasteiger partial charge in [-0.05, 0) is 26.2 Å². The Morgan fingerprint density at radius 1 is 1.47 bits per heavy atom. The molecule has 17 heavy (non-hydrogen) atoms. The van der Waals surface area contributed by atoms with Crippen LogP contribution in [-0.2, 0) is 4.74 Å². The van der Waals surface area contributed by atoms with Crippen molar-refractivity contribution in [3.05, 3.63) is 11.9 Å². The van der Waals surface area contributed by atoms with Crippen molar-refractivity contribution in [1.29, 1.82) is 0 Å². The van der Waals surface area contributed by atoms with Crippen LogP contribution in [0, 0.1) is 6.92 Å². The predicted octanol–water partition coefficient (Wildman–Crippen LogP) is 1.37. The number of aromatic nitrogens is 2. The van der Waals surface area contributed by atoms with Crippen molar-refractivity contribution in [3.8, 4) is 0 Å². The second kappa shape index (κ2) is 5.31. The maximum atomic E-state index is 5.78. The molecule has 0 bridgehead atoms. The molecule has 1 aliphatic heterocycles. The minimum Gasteiger partial charge on any atom is -0.383 e. The van der Waals surface area contributed by atoms with Crippen molar-refractivity contribution < 1.29 is 4.74 Å². The lowest BCUT2D eigenvalue weighted by molar-refractivity contribution is 0.0215. The molecule has 1 unspecified atom stereocenters. The van der Waals surface area contributed by atoms with Gasteiger partial charge in [-0.1, -0.05) is 0 Å². The van der Waals surface area contributed by atoms with Crippen LogP contribution >= 0.6 is 0 Å². The van der Waals surface area contributed by atoms with Crippen molar-refractivity contribution in [2.45, 2.75) is 32.3 Å². The van der Waals surface area contributed by atoms with Gasteiger partial charge in [0.2, 0.25) is 0 Å². The van der Waals surface area contributed by atoms with Crippen LogP contribution in [0.1, 0.15) is 24.8 Å². The van der Waals surface area contributed by atoms with Gasteiger partial charge in [0.15, 0.2) is 0 Å². The van der Waals surface area contributed by atoms with E-state index in [0.29, 0.717) is 11.9 Å². The molecule has 0 aliphatic carbocycles. The standard InChI is InChI=1S/C12H20N4O/c1-9-11(13)14-8-15-12(9)16(2)7-10-5-3-4-6-17-10/h8,10H,3-7H2,1-2H3,(H2,13,14,15). The van der Waals surface area contributed by atoms with Crippen LogP contribution in [0.4, 0.5) is 11.6 Å². The number of ether oxygens (including phenoxy) is 1. The molecule has 0 amide bonds. The second-order valence-electron chi connectivity index (χ2n) is 4.58. The Morgan fingerprint density at radius 2 is 2.29 bits per heavy atom. The molecular formula is C12H20N4O. The van der Waals surface area contributed by atoms with Gasteiger partial charge in [0.1, 0.15) is 18.0 Å². The summed E-state index contributed by atoms with van der Waals surface area (Å²) in [5.74, 6) is 1.44. The lowest BCUT2D eigenvalue weighted by Gasteiger charge is -2.28. The molecule has 5 heteroatoms. The molecule has 94 valence electrons. The third kappa shape index (κ3) is 2.85. The summed E-state index contributed by atoms with van der Waals surface area (Å²) in [6, 6.07) is 0. The smallest absolute Gasteiger partial charge is 0.136 e. The van der Waals surface area contributed by atoms with Gasteiger partial charge in [0.25, 0.3) is 0 Å². The minimum atomic E-state index is 0.310. The highest BCUT2D eigenvalue weighted by Crippen LogP contribution is 2.21. The quantitative estimate of drug-likeness (QED) is 0.858. The summed E-state index contributed by atoms with van der Waals surface area (Å²) in [5, 5.41) is 0. The van der Waals surface area contributed by atoms with Gasteiger partial charge in [0.05, 0.1) is 6.10 Å². The molecular weight excluding hydrogens is 216 g/mol. The van der Waals surface area contributed by atoms with E-state index in [-0.39, 0.29) is 0 Å². The van der Waals surface area contributed by atoms with E-state index < -0.39 is 0 Å². The normalized spacial score (nSPS) is 20.2. The maximum absolute atomic E-state index is 5.78. The summed E-state index contributed by atoms with van der Waals surface area (Å²) >= 11 is 0. The Morgan fingerprint density at radius 3 is 3.00 bits per heavy atom. The summed E-state index contributed by atoms with van der Waals surface area (Å²) in [5.41, 5.74) is 6.72. The van der Waals surface area contributed by atoms with Gasteiger partial charge in [-0.3, -0.25) is 0 Å². The monoisotopic (exact) mass is 236 g/mol. The minimum absolute atomic E-state index is 0.310. The van der Waals surface area contributed by atoms with Crippen LogP contribution < -0.4 is 10.6 Å². The van der Waals surface area contributed by atoms with E-state index in [2.05, 4.69) is 14.9 Å². The van der Waals surface area contributed by atoms with Gasteiger partial charge in [-0.2, -0.15) is 0 Å². The first-order chi connectivity index (χ1) is 8.18. The summed E-state index contributed by atoms with van der Waals surface area (Å²) in [4.78, 5) is 10.4. The van der Waals surface area contributed by atoms with E-state index in [1.54, 1.807) is 0 Å². The Bertz CT molecular complexity index is 377. The molecule has 1 aromatic heterocycles. The highest BCUT2D eigenvalue weighted by atomic mass is 16.5. The first kappa shape index (κ1) is 12.1. The fourth-order valence-electron chi connectivity index (χ4n) is 2.18. The zero-order valence-electron chi connectivity index (χ0n) is 10.5. The third-order valence-electron chi connectivity index (χ3n) is 3.21. The Balaban J connectivity index is 2.03. The van der Waals surface area contributed by atoms with E-state index in [1.807, 2.05) is 14.0 Å². The number of anilines is 2. The van der Waals surface area contributed by atoms with Crippen LogP contribution in [-0.4, -0.2) is 36.3 Å². The molecule has 0 aromatic carbocycles. The number of hydrogen-bond donors (Lipinski definition) is 1. The summed E-state index contributed by atoms with van der Waals surface area (Å²) < 4.78 is 5.72. The molecule has 1 aromatic rings. The lowest BCUT2D eigenvalue weighted by Crippen LogP contribution is -2.34. The number of likely N-dealkylation sites (N-methyl/N-ethyl adjacent to an activating group) is 1. The zero-order valence-corrected chi connectivity index (χ0v) is 10.5. The second-order valence-corrected chi connectivity index (χ2v) is 4.58. The maximum Gasteiger partial charge on any atom is 0.136 e. The van der Waals surface area contributed by atoms with E-state index in [0.717, 1.165) is 31.0 Å². The number of nitrogen functional groups attached to an aromatic ring is 1. The molecule has 1 saturated heterocycles. The van der Waals surface area contributed by atoms with Gasteiger partial charge in [-0.25, -0.2) is 9.97 Å². The highest BCUT2D eigenvalue weighted by molar-refractivity contribution is 5.55. The zero-order chi connectivity index (χ0) is 12.3. The average Bonchev–Trinajstić information content (AvgIpc) is 2.34. The fourth-order valence-corrected chi connectivity index (χ4v) is 2.18. The first-order valence-electron chi connectivity index (χ1n) is 6.08. The van der Waals surface area contributed by atoms with E-state index in [9.17, 15) is 0 Å². The SMILES string of the molecule is Cc1c(N)ncnc1N(C)CC1CCCCO1. The van der Waals surface area contributed by atoms with Crippen LogP contribution in [0.25, 0.3) is 0 Å². The molecule has 0 saturated carbocycles. The van der Waals surface area contributed by atoms with Crippen LogP contribution in [0.5, 0.6) is 0 Å². The molecule has 1 aliphatic rings. The summed E-state index contributed by atoms with van der Waals surface area (Å²) in [6.07, 6.45) is 5.38. The number of rotatable bonds is 3. The van der Waals surface area contributed by atoms with Crippen LogP contribution in [0.15, 0.2) is 6.33 Å². The van der Waals surface area contributed by atoms with E-state index in [4.69, 9.17) is 10.5 Å². The van der Waals surface area contributed by atoms with Gasteiger partial charge < -0.3 is 15.4 Å². The van der Waals surface area contributed by atoms with Gasteiger partial charge in [0, 0.05) is 25.8 Å². The van der Waals surface area contributed by atoms with Gasteiger partial charge in [-0.15, -0.1) is 0 Å². The van der Waals surface area contributed by atoms with Crippen LogP contribution in [0.2, 0.25) is 0 Å². The molecule has 0 radical (unpaired) electrons. The fraction of sp³-hybridized carbons (Fsp3) is 0.667. The molecule has 2 rings (SSSR count). The average molecular weight is 236 g/mol. The molecule has 1 atom stereocenters. The first-order valence-corrected chi connectivity index (χ1v) is 6.08. The van der Waals surface area contributed by atoms with Crippen molar-refractivity contribution in [3.63, 3.8) is 0 Å². The molecule has 1 fully saturated rings. The number of nitrogens with two attached hydrogens (primary N) is 1. The van der Waals surface area contributed by atoms with Crippen molar-refractivity contribution >= 4 is 11.6 Å². The predicted molar refractivity (Wildman–Crippen MR) is 68.0 cm³/mol. The Kier molecular flexibility index (Phi) is 3.78. The number of nitrogens with zero attached hydrogens (tertiary/aromatic N) is 3. The molecule has 0 spiro atoms. The molecule has 2 heterocycles. The van der Waals surface area contributed by atoms with E-state index in [1.165, 1.54) is 19.2 Å². The Labute approximate surface area is 102 Å². The topological polar surface area (TPSA) is 64.3 Å².